The van der Waals surface area contributed by atoms with E-state index in [2.05, 4.69) is 12.2 Å². The number of nitrogens with one attached hydrogen (secondary N) is 1. The summed E-state index contributed by atoms with van der Waals surface area (Å²) in [5.74, 6) is -0.566. The zero-order chi connectivity index (χ0) is 22.1. The second kappa shape index (κ2) is 11.5. The third-order valence-electron chi connectivity index (χ3n) is 5.33. The first kappa shape index (κ1) is 23.6. The minimum absolute atomic E-state index is 0.106. The molecule has 162 valence electrons. The Morgan fingerprint density at radius 1 is 1.07 bits per heavy atom. The topological polar surface area (TPSA) is 49.4 Å². The van der Waals surface area contributed by atoms with Crippen molar-refractivity contribution >= 4 is 11.8 Å². The highest BCUT2D eigenvalue weighted by atomic mass is 19.1. The van der Waals surface area contributed by atoms with Gasteiger partial charge in [0.2, 0.25) is 11.8 Å². The van der Waals surface area contributed by atoms with E-state index in [-0.39, 0.29) is 30.6 Å². The molecule has 0 aliphatic carbocycles. The first-order chi connectivity index (χ1) is 14.3. The van der Waals surface area contributed by atoms with Crippen molar-refractivity contribution in [2.45, 2.75) is 66.0 Å². The number of amides is 2. The average molecular weight is 413 g/mol. The van der Waals surface area contributed by atoms with Gasteiger partial charge in [-0.3, -0.25) is 9.59 Å². The number of benzene rings is 2. The average Bonchev–Trinajstić information content (AvgIpc) is 2.72. The van der Waals surface area contributed by atoms with Crippen LogP contribution in [0.1, 0.15) is 55.4 Å². The van der Waals surface area contributed by atoms with Crippen molar-refractivity contribution in [1.29, 1.82) is 0 Å². The van der Waals surface area contributed by atoms with Gasteiger partial charge < -0.3 is 10.2 Å². The SMILES string of the molecule is CCCCNC(=O)C(CC)N(Cc1ccc(F)cc1)C(=O)Cc1cc(C)ccc1C. The number of unbranched alkanes of at least 4 members (excludes halogenated alkanes) is 1. The highest BCUT2D eigenvalue weighted by Crippen LogP contribution is 2.17. The molecule has 0 radical (unpaired) electrons. The maximum absolute atomic E-state index is 13.4. The van der Waals surface area contributed by atoms with Gasteiger partial charge in [-0.1, -0.05) is 56.2 Å². The van der Waals surface area contributed by atoms with E-state index in [9.17, 15) is 14.0 Å². The minimum atomic E-state index is -0.565. The van der Waals surface area contributed by atoms with E-state index < -0.39 is 6.04 Å². The van der Waals surface area contributed by atoms with Gasteiger partial charge in [-0.05, 0) is 55.5 Å². The van der Waals surface area contributed by atoms with Crippen molar-refractivity contribution in [3.8, 4) is 0 Å². The summed E-state index contributed by atoms with van der Waals surface area (Å²) in [5, 5.41) is 2.96. The summed E-state index contributed by atoms with van der Waals surface area (Å²) >= 11 is 0. The van der Waals surface area contributed by atoms with Gasteiger partial charge in [-0.15, -0.1) is 0 Å². The summed E-state index contributed by atoms with van der Waals surface area (Å²) in [5.41, 5.74) is 3.91. The lowest BCUT2D eigenvalue weighted by Gasteiger charge is -2.31. The van der Waals surface area contributed by atoms with Gasteiger partial charge >= 0.3 is 0 Å². The third kappa shape index (κ3) is 6.68. The number of hydrogen-bond donors (Lipinski definition) is 1. The fourth-order valence-corrected chi connectivity index (χ4v) is 3.47. The molecule has 0 saturated heterocycles. The molecule has 0 aliphatic rings. The van der Waals surface area contributed by atoms with Gasteiger partial charge in [0.25, 0.3) is 0 Å². The molecule has 2 amide bonds. The molecule has 0 aliphatic heterocycles. The molecule has 0 heterocycles. The quantitative estimate of drug-likeness (QED) is 0.575. The van der Waals surface area contributed by atoms with Crippen LogP contribution in [0.4, 0.5) is 4.39 Å². The maximum Gasteiger partial charge on any atom is 0.242 e. The molecule has 1 atom stereocenters. The third-order valence-corrected chi connectivity index (χ3v) is 5.33. The van der Waals surface area contributed by atoms with Crippen molar-refractivity contribution in [2.24, 2.45) is 0 Å². The number of carbonyl (C=O) groups is 2. The first-order valence-corrected chi connectivity index (χ1v) is 10.7. The molecular weight excluding hydrogens is 379 g/mol. The summed E-state index contributed by atoms with van der Waals surface area (Å²) in [6.07, 6.45) is 2.63. The highest BCUT2D eigenvalue weighted by Gasteiger charge is 2.28. The lowest BCUT2D eigenvalue weighted by molar-refractivity contribution is -0.140. The van der Waals surface area contributed by atoms with Crippen LogP contribution < -0.4 is 5.32 Å². The maximum atomic E-state index is 13.4. The predicted octanol–water partition coefficient (Wildman–Crippen LogP) is 4.71. The van der Waals surface area contributed by atoms with E-state index >= 15 is 0 Å². The molecule has 2 aromatic rings. The monoisotopic (exact) mass is 412 g/mol. The van der Waals surface area contributed by atoms with Crippen LogP contribution in [0.25, 0.3) is 0 Å². The van der Waals surface area contributed by atoms with Gasteiger partial charge in [0.1, 0.15) is 11.9 Å². The lowest BCUT2D eigenvalue weighted by Crippen LogP contribution is -2.49. The molecule has 2 rings (SSSR count). The number of aryl methyl sites for hydroxylation is 2. The Hall–Kier alpha value is -2.69. The van der Waals surface area contributed by atoms with Crippen LogP contribution in [-0.4, -0.2) is 29.3 Å². The van der Waals surface area contributed by atoms with Crippen molar-refractivity contribution in [2.75, 3.05) is 6.54 Å². The van der Waals surface area contributed by atoms with Crippen LogP contribution in [0.2, 0.25) is 0 Å². The first-order valence-electron chi connectivity index (χ1n) is 10.7. The zero-order valence-corrected chi connectivity index (χ0v) is 18.5. The summed E-state index contributed by atoms with van der Waals surface area (Å²) in [6, 6.07) is 11.6. The summed E-state index contributed by atoms with van der Waals surface area (Å²) in [6.45, 7) is 8.83. The largest absolute Gasteiger partial charge is 0.354 e. The van der Waals surface area contributed by atoms with E-state index in [1.165, 1.54) is 12.1 Å². The summed E-state index contributed by atoms with van der Waals surface area (Å²) < 4.78 is 13.3. The molecule has 5 heteroatoms. The van der Waals surface area contributed by atoms with Crippen LogP contribution in [0.5, 0.6) is 0 Å². The van der Waals surface area contributed by atoms with Crippen LogP contribution in [0.3, 0.4) is 0 Å². The van der Waals surface area contributed by atoms with Crippen LogP contribution in [0.15, 0.2) is 42.5 Å². The van der Waals surface area contributed by atoms with E-state index in [1.807, 2.05) is 39.0 Å². The van der Waals surface area contributed by atoms with Crippen LogP contribution in [-0.2, 0) is 22.6 Å². The van der Waals surface area contributed by atoms with E-state index in [0.29, 0.717) is 13.0 Å². The molecule has 30 heavy (non-hydrogen) atoms. The Morgan fingerprint density at radius 2 is 1.77 bits per heavy atom. The molecule has 0 saturated carbocycles. The smallest absolute Gasteiger partial charge is 0.242 e. The normalized spacial score (nSPS) is 11.8. The number of carbonyl (C=O) groups excluding carboxylic acids is 2. The molecular formula is C25H33FN2O2. The minimum Gasteiger partial charge on any atom is -0.354 e. The molecule has 1 N–H and O–H groups in total. The Morgan fingerprint density at radius 3 is 2.40 bits per heavy atom. The second-order valence-corrected chi connectivity index (χ2v) is 7.82. The van der Waals surface area contributed by atoms with Crippen molar-refractivity contribution < 1.29 is 14.0 Å². The summed E-state index contributed by atoms with van der Waals surface area (Å²) in [4.78, 5) is 27.8. The molecule has 0 fully saturated rings. The van der Waals surface area contributed by atoms with Gasteiger partial charge in [-0.25, -0.2) is 4.39 Å². The Kier molecular flexibility index (Phi) is 9.03. The standard InChI is InChI=1S/C25H33FN2O2/c1-5-7-14-27-25(30)23(6-2)28(17-20-10-12-22(26)13-11-20)24(29)16-21-15-18(3)8-9-19(21)4/h8-13,15,23H,5-7,14,16-17H2,1-4H3,(H,27,30). The molecule has 2 aromatic carbocycles. The van der Waals surface area contributed by atoms with E-state index in [1.54, 1.807) is 17.0 Å². The fraction of sp³-hybridized carbons (Fsp3) is 0.440. The van der Waals surface area contributed by atoms with Gasteiger partial charge in [0.05, 0.1) is 6.42 Å². The second-order valence-electron chi connectivity index (χ2n) is 7.82. The number of hydrogen-bond acceptors (Lipinski definition) is 2. The predicted molar refractivity (Wildman–Crippen MR) is 119 cm³/mol. The van der Waals surface area contributed by atoms with E-state index in [0.717, 1.165) is 35.1 Å². The zero-order valence-electron chi connectivity index (χ0n) is 18.5. The molecule has 0 aromatic heterocycles. The van der Waals surface area contributed by atoms with Crippen molar-refractivity contribution in [1.82, 2.24) is 10.2 Å². The van der Waals surface area contributed by atoms with E-state index in [4.69, 9.17) is 0 Å². The van der Waals surface area contributed by atoms with Crippen LogP contribution >= 0.6 is 0 Å². The molecule has 4 nitrogen and oxygen atoms in total. The number of nitrogens with zero attached hydrogens (tertiary/aromatic N) is 1. The number of halogens is 1. The van der Waals surface area contributed by atoms with Crippen LogP contribution in [0, 0.1) is 19.7 Å². The molecule has 1 unspecified atom stereocenters. The van der Waals surface area contributed by atoms with Gasteiger partial charge in [0, 0.05) is 13.1 Å². The van der Waals surface area contributed by atoms with Crippen molar-refractivity contribution in [3.63, 3.8) is 0 Å². The summed E-state index contributed by atoms with van der Waals surface area (Å²) in [7, 11) is 0. The number of rotatable bonds is 10. The lowest BCUT2D eigenvalue weighted by atomic mass is 10.0. The fourth-order valence-electron chi connectivity index (χ4n) is 3.47. The Balaban J connectivity index is 2.28. The molecule has 0 spiro atoms. The van der Waals surface area contributed by atoms with Gasteiger partial charge in [-0.2, -0.15) is 0 Å². The Labute approximate surface area is 179 Å². The van der Waals surface area contributed by atoms with Gasteiger partial charge in [0.15, 0.2) is 0 Å². The highest BCUT2D eigenvalue weighted by molar-refractivity contribution is 5.88. The molecule has 0 bridgehead atoms. The van der Waals surface area contributed by atoms with Crippen molar-refractivity contribution in [3.05, 3.63) is 70.5 Å². The Bertz CT molecular complexity index is 849.